The predicted molar refractivity (Wildman–Crippen MR) is 103 cm³/mol. The molecule has 6 heteroatoms. The monoisotopic (exact) mass is 371 g/mol. The van der Waals surface area contributed by atoms with Crippen LogP contribution < -0.4 is 19.5 Å². The molecule has 2 aromatic carbocycles. The number of hydrogen-bond donors (Lipinski definition) is 2. The molecule has 1 amide bonds. The number of rotatable bonds is 7. The van der Waals surface area contributed by atoms with Crippen LogP contribution in [0.3, 0.4) is 0 Å². The fourth-order valence-electron chi connectivity index (χ4n) is 2.98. The standard InChI is InChI=1S/C21H25NO5/c1-21(2,11-23)12-27-18-15(7-8-17(25-3)19(18)26-4)13-5-6-16-14(9-13)10-22-20(16)24/h5-9,23H,10-12H2,1-4H3,(H,22,24). The van der Waals surface area contributed by atoms with Gasteiger partial charge in [-0.25, -0.2) is 0 Å². The summed E-state index contributed by atoms with van der Waals surface area (Å²) in [4.78, 5) is 11.8. The molecule has 0 fully saturated rings. The van der Waals surface area contributed by atoms with E-state index in [2.05, 4.69) is 5.32 Å². The van der Waals surface area contributed by atoms with Crippen LogP contribution in [0.4, 0.5) is 0 Å². The van der Waals surface area contributed by atoms with E-state index in [4.69, 9.17) is 14.2 Å². The second kappa shape index (κ2) is 7.48. The summed E-state index contributed by atoms with van der Waals surface area (Å²) in [6.07, 6.45) is 0. The Bertz CT molecular complexity index is 860. The van der Waals surface area contributed by atoms with Crippen molar-refractivity contribution in [3.63, 3.8) is 0 Å². The molecule has 0 aromatic heterocycles. The molecule has 1 aliphatic heterocycles. The summed E-state index contributed by atoms with van der Waals surface area (Å²) in [5.41, 5.74) is 3.00. The van der Waals surface area contributed by atoms with Gasteiger partial charge in [-0.1, -0.05) is 19.9 Å². The van der Waals surface area contributed by atoms with Crippen LogP contribution in [-0.4, -0.2) is 38.4 Å². The van der Waals surface area contributed by atoms with Gasteiger partial charge in [0.1, 0.15) is 0 Å². The average Bonchev–Trinajstić information content (AvgIpc) is 3.05. The summed E-state index contributed by atoms with van der Waals surface area (Å²) < 4.78 is 17.1. The van der Waals surface area contributed by atoms with Crippen LogP contribution in [0, 0.1) is 5.41 Å². The van der Waals surface area contributed by atoms with Crippen LogP contribution in [0.15, 0.2) is 30.3 Å². The molecular formula is C21H25NO5. The third kappa shape index (κ3) is 3.71. The number of aliphatic hydroxyl groups is 1. The lowest BCUT2D eigenvalue weighted by atomic mass is 9.96. The van der Waals surface area contributed by atoms with E-state index >= 15 is 0 Å². The predicted octanol–water partition coefficient (Wildman–Crippen LogP) is 3.01. The lowest BCUT2D eigenvalue weighted by Crippen LogP contribution is -2.25. The van der Waals surface area contributed by atoms with Crippen LogP contribution in [0.2, 0.25) is 0 Å². The Morgan fingerprint density at radius 1 is 1.07 bits per heavy atom. The minimum Gasteiger partial charge on any atom is -0.493 e. The number of aliphatic hydroxyl groups excluding tert-OH is 1. The van der Waals surface area contributed by atoms with Gasteiger partial charge in [0, 0.05) is 23.1 Å². The van der Waals surface area contributed by atoms with Crippen molar-refractivity contribution >= 4 is 5.91 Å². The molecule has 27 heavy (non-hydrogen) atoms. The molecule has 1 aliphatic rings. The molecular weight excluding hydrogens is 346 g/mol. The lowest BCUT2D eigenvalue weighted by molar-refractivity contribution is 0.0959. The van der Waals surface area contributed by atoms with Gasteiger partial charge in [-0.15, -0.1) is 0 Å². The quantitative estimate of drug-likeness (QED) is 0.782. The fourth-order valence-corrected chi connectivity index (χ4v) is 2.98. The Labute approximate surface area is 159 Å². The molecule has 0 aliphatic carbocycles. The van der Waals surface area contributed by atoms with Crippen molar-refractivity contribution < 1.29 is 24.1 Å². The molecule has 0 radical (unpaired) electrons. The number of carbonyl (C=O) groups is 1. The smallest absolute Gasteiger partial charge is 0.251 e. The molecule has 3 rings (SSSR count). The third-order valence-corrected chi connectivity index (χ3v) is 4.64. The number of fused-ring (bicyclic) bond motifs is 1. The van der Waals surface area contributed by atoms with E-state index in [9.17, 15) is 9.90 Å². The molecule has 2 N–H and O–H groups in total. The lowest BCUT2D eigenvalue weighted by Gasteiger charge is -2.24. The summed E-state index contributed by atoms with van der Waals surface area (Å²) in [5, 5.41) is 12.4. The molecule has 2 aromatic rings. The van der Waals surface area contributed by atoms with Crippen molar-refractivity contribution in [3.05, 3.63) is 41.5 Å². The molecule has 0 unspecified atom stereocenters. The Morgan fingerprint density at radius 2 is 1.81 bits per heavy atom. The maximum absolute atomic E-state index is 11.8. The first-order chi connectivity index (χ1) is 12.9. The molecule has 0 atom stereocenters. The highest BCUT2D eigenvalue weighted by atomic mass is 16.5. The molecule has 0 spiro atoms. The van der Waals surface area contributed by atoms with E-state index in [1.165, 1.54) is 0 Å². The van der Waals surface area contributed by atoms with Gasteiger partial charge < -0.3 is 24.6 Å². The Balaban J connectivity index is 2.08. The van der Waals surface area contributed by atoms with Gasteiger partial charge >= 0.3 is 0 Å². The van der Waals surface area contributed by atoms with Crippen molar-refractivity contribution in [1.82, 2.24) is 5.32 Å². The highest BCUT2D eigenvalue weighted by molar-refractivity contribution is 5.99. The zero-order valence-corrected chi connectivity index (χ0v) is 16.1. The van der Waals surface area contributed by atoms with Gasteiger partial charge in [0.2, 0.25) is 5.75 Å². The van der Waals surface area contributed by atoms with Gasteiger partial charge in [-0.2, -0.15) is 0 Å². The number of carbonyl (C=O) groups excluding carboxylic acids is 1. The minimum atomic E-state index is -0.403. The van der Waals surface area contributed by atoms with Crippen LogP contribution in [0.1, 0.15) is 29.8 Å². The molecule has 1 heterocycles. The fraction of sp³-hybridized carbons (Fsp3) is 0.381. The number of hydrogen-bond acceptors (Lipinski definition) is 5. The van der Waals surface area contributed by atoms with Gasteiger partial charge in [-0.3, -0.25) is 4.79 Å². The number of benzene rings is 2. The zero-order valence-electron chi connectivity index (χ0n) is 16.1. The first kappa shape index (κ1) is 19.0. The highest BCUT2D eigenvalue weighted by Crippen LogP contribution is 2.45. The summed E-state index contributed by atoms with van der Waals surface area (Å²) in [6, 6.07) is 9.45. The Morgan fingerprint density at radius 3 is 2.48 bits per heavy atom. The summed E-state index contributed by atoms with van der Waals surface area (Å²) >= 11 is 0. The number of amides is 1. The largest absolute Gasteiger partial charge is 0.493 e. The molecule has 6 nitrogen and oxygen atoms in total. The summed E-state index contributed by atoms with van der Waals surface area (Å²) in [7, 11) is 3.14. The van der Waals surface area contributed by atoms with Crippen LogP contribution in [0.5, 0.6) is 17.2 Å². The summed E-state index contributed by atoms with van der Waals surface area (Å²) in [6.45, 7) is 4.67. The third-order valence-electron chi connectivity index (χ3n) is 4.64. The van der Waals surface area contributed by atoms with Gasteiger partial charge in [0.25, 0.3) is 5.91 Å². The van der Waals surface area contributed by atoms with Crippen LogP contribution >= 0.6 is 0 Å². The van der Waals surface area contributed by atoms with Gasteiger partial charge in [-0.05, 0) is 35.4 Å². The highest BCUT2D eigenvalue weighted by Gasteiger charge is 2.24. The minimum absolute atomic E-state index is 0.00123. The van der Waals surface area contributed by atoms with Crippen molar-refractivity contribution in [2.45, 2.75) is 20.4 Å². The SMILES string of the molecule is COc1ccc(-c2ccc3c(c2)CNC3=O)c(OCC(C)(C)CO)c1OC. The second-order valence-electron chi connectivity index (χ2n) is 7.34. The first-order valence-corrected chi connectivity index (χ1v) is 8.80. The second-order valence-corrected chi connectivity index (χ2v) is 7.34. The van der Waals surface area contributed by atoms with Crippen molar-refractivity contribution in [2.24, 2.45) is 5.41 Å². The van der Waals surface area contributed by atoms with E-state index in [1.54, 1.807) is 14.2 Å². The molecule has 0 saturated carbocycles. The Hall–Kier alpha value is -2.73. The summed E-state index contributed by atoms with van der Waals surface area (Å²) in [5.74, 6) is 1.56. The van der Waals surface area contributed by atoms with Gasteiger partial charge in [0.15, 0.2) is 11.5 Å². The van der Waals surface area contributed by atoms with Crippen molar-refractivity contribution in [2.75, 3.05) is 27.4 Å². The van der Waals surface area contributed by atoms with Crippen molar-refractivity contribution in [1.29, 1.82) is 0 Å². The maximum Gasteiger partial charge on any atom is 0.251 e. The van der Waals surface area contributed by atoms with E-state index in [0.717, 1.165) is 16.7 Å². The number of ether oxygens (including phenoxy) is 3. The Kier molecular flexibility index (Phi) is 5.28. The van der Waals surface area contributed by atoms with E-state index in [0.29, 0.717) is 36.0 Å². The van der Waals surface area contributed by atoms with Crippen LogP contribution in [-0.2, 0) is 6.54 Å². The molecule has 0 saturated heterocycles. The van der Waals surface area contributed by atoms with Gasteiger partial charge in [0.05, 0.1) is 27.4 Å². The zero-order chi connectivity index (χ0) is 19.6. The number of methoxy groups -OCH3 is 2. The normalized spacial score (nSPS) is 13.1. The molecule has 0 bridgehead atoms. The first-order valence-electron chi connectivity index (χ1n) is 8.80. The molecule has 144 valence electrons. The number of nitrogens with one attached hydrogen (secondary N) is 1. The van der Waals surface area contributed by atoms with E-state index in [1.807, 2.05) is 44.2 Å². The topological polar surface area (TPSA) is 77.0 Å². The maximum atomic E-state index is 11.8. The van der Waals surface area contributed by atoms with Crippen LogP contribution in [0.25, 0.3) is 11.1 Å². The van der Waals surface area contributed by atoms with Crippen molar-refractivity contribution in [3.8, 4) is 28.4 Å². The van der Waals surface area contributed by atoms with E-state index in [-0.39, 0.29) is 12.5 Å². The van der Waals surface area contributed by atoms with E-state index < -0.39 is 5.41 Å². The average molecular weight is 371 g/mol.